The van der Waals surface area contributed by atoms with Crippen molar-refractivity contribution in [1.82, 2.24) is 9.55 Å². The number of rotatable bonds is 12. The van der Waals surface area contributed by atoms with Crippen LogP contribution >= 0.6 is 0 Å². The van der Waals surface area contributed by atoms with Crippen molar-refractivity contribution in [2.75, 3.05) is 0 Å². The van der Waals surface area contributed by atoms with Crippen molar-refractivity contribution in [2.24, 2.45) is 7.05 Å². The first-order chi connectivity index (χ1) is 9.79. The Kier molecular flexibility index (Phi) is 8.77. The molecule has 20 heavy (non-hydrogen) atoms. The summed E-state index contributed by atoms with van der Waals surface area (Å²) in [4.78, 5) is 4.58. The lowest BCUT2D eigenvalue weighted by Crippen LogP contribution is -2.02. The Labute approximate surface area is 124 Å². The van der Waals surface area contributed by atoms with E-state index < -0.39 is 0 Å². The molecule has 1 aromatic rings. The number of hydrogen-bond donors (Lipinski definition) is 0. The third-order valence-corrected chi connectivity index (χ3v) is 3.83. The number of hydrogen-bond acceptors (Lipinski definition) is 1. The lowest BCUT2D eigenvalue weighted by molar-refractivity contribution is 0.617. The molecule has 0 fully saturated rings. The van der Waals surface area contributed by atoms with Gasteiger partial charge in [-0.15, -0.1) is 13.2 Å². The van der Waals surface area contributed by atoms with E-state index in [0.717, 1.165) is 25.7 Å². The molecule has 0 atom stereocenters. The Morgan fingerprint density at radius 3 is 2.25 bits per heavy atom. The predicted molar refractivity (Wildman–Crippen MR) is 87.9 cm³/mol. The minimum Gasteiger partial charge on any atom is -0.335 e. The van der Waals surface area contributed by atoms with Crippen molar-refractivity contribution >= 4 is 0 Å². The van der Waals surface area contributed by atoms with Gasteiger partial charge in [0.2, 0.25) is 0 Å². The fourth-order valence-corrected chi connectivity index (χ4v) is 2.47. The number of unbranched alkanes of at least 4 members (excludes halogenated alkanes) is 6. The third-order valence-electron chi connectivity index (χ3n) is 3.83. The normalized spacial score (nSPS) is 10.7. The van der Waals surface area contributed by atoms with E-state index in [0.29, 0.717) is 0 Å². The van der Waals surface area contributed by atoms with Crippen LogP contribution in [-0.4, -0.2) is 9.55 Å². The van der Waals surface area contributed by atoms with Gasteiger partial charge >= 0.3 is 0 Å². The Bertz CT molecular complexity index is 390. The molecule has 0 saturated carbocycles. The fourth-order valence-electron chi connectivity index (χ4n) is 2.47. The number of aromatic nitrogens is 2. The summed E-state index contributed by atoms with van der Waals surface area (Å²) >= 11 is 0. The molecule has 1 rings (SSSR count). The summed E-state index contributed by atoms with van der Waals surface area (Å²) < 4.78 is 2.29. The van der Waals surface area contributed by atoms with Crippen molar-refractivity contribution in [2.45, 2.75) is 64.2 Å². The van der Waals surface area contributed by atoms with Gasteiger partial charge in [0.05, 0.1) is 0 Å². The zero-order valence-corrected chi connectivity index (χ0v) is 13.1. The molecule has 2 nitrogen and oxygen atoms in total. The zero-order valence-electron chi connectivity index (χ0n) is 13.1. The smallest absolute Gasteiger partial charge is 0.108 e. The largest absolute Gasteiger partial charge is 0.335 e. The van der Waals surface area contributed by atoms with Crippen molar-refractivity contribution in [3.8, 4) is 0 Å². The van der Waals surface area contributed by atoms with E-state index in [1.54, 1.807) is 0 Å². The zero-order chi connectivity index (χ0) is 14.6. The van der Waals surface area contributed by atoms with Crippen LogP contribution in [0.3, 0.4) is 0 Å². The molecule has 0 N–H and O–H groups in total. The minimum atomic E-state index is 1.11. The molecule has 112 valence electrons. The molecular weight excluding hydrogens is 244 g/mol. The molecule has 2 heteroatoms. The maximum Gasteiger partial charge on any atom is 0.108 e. The first-order valence-electron chi connectivity index (χ1n) is 8.01. The second kappa shape index (κ2) is 10.5. The highest BCUT2D eigenvalue weighted by Gasteiger charge is 2.05. The molecule has 0 spiro atoms. The van der Waals surface area contributed by atoms with Gasteiger partial charge < -0.3 is 4.57 Å². The molecule has 0 aliphatic rings. The maximum absolute atomic E-state index is 4.58. The number of nitrogens with zero attached hydrogens (tertiary/aromatic N) is 2. The van der Waals surface area contributed by atoms with Gasteiger partial charge in [0.1, 0.15) is 5.82 Å². The van der Waals surface area contributed by atoms with Crippen molar-refractivity contribution in [3.63, 3.8) is 0 Å². The van der Waals surface area contributed by atoms with Crippen LogP contribution in [0.2, 0.25) is 0 Å². The molecule has 0 bridgehead atoms. The highest BCUT2D eigenvalue weighted by atomic mass is 15.1. The SMILES string of the molecule is C=CCCCCCCc1ncc(CCCCC=C)n1C. The number of aryl methyl sites for hydroxylation is 2. The van der Waals surface area contributed by atoms with Gasteiger partial charge in [0.15, 0.2) is 0 Å². The van der Waals surface area contributed by atoms with E-state index in [1.165, 1.54) is 50.0 Å². The molecular formula is C18H30N2. The topological polar surface area (TPSA) is 17.8 Å². The predicted octanol–water partition coefficient (Wildman–Crippen LogP) is 5.00. The van der Waals surface area contributed by atoms with E-state index in [9.17, 15) is 0 Å². The van der Waals surface area contributed by atoms with Crippen LogP contribution in [0.25, 0.3) is 0 Å². The summed E-state index contributed by atoms with van der Waals surface area (Å²) in [5.41, 5.74) is 1.37. The summed E-state index contributed by atoms with van der Waals surface area (Å²) in [5, 5.41) is 0. The van der Waals surface area contributed by atoms with E-state index in [2.05, 4.69) is 36.0 Å². The fraction of sp³-hybridized carbons (Fsp3) is 0.611. The van der Waals surface area contributed by atoms with E-state index in [1.807, 2.05) is 12.2 Å². The second-order valence-electron chi connectivity index (χ2n) is 5.50. The van der Waals surface area contributed by atoms with Crippen molar-refractivity contribution in [3.05, 3.63) is 43.0 Å². The van der Waals surface area contributed by atoms with Crippen LogP contribution in [0.1, 0.15) is 62.9 Å². The highest BCUT2D eigenvalue weighted by Crippen LogP contribution is 2.12. The summed E-state index contributed by atoms with van der Waals surface area (Å²) in [6, 6.07) is 0. The van der Waals surface area contributed by atoms with E-state index in [-0.39, 0.29) is 0 Å². The lowest BCUT2D eigenvalue weighted by atomic mass is 10.1. The van der Waals surface area contributed by atoms with Gasteiger partial charge in [-0.1, -0.05) is 25.0 Å². The quantitative estimate of drug-likeness (QED) is 0.387. The third kappa shape index (κ3) is 6.23. The lowest BCUT2D eigenvalue weighted by Gasteiger charge is -2.06. The van der Waals surface area contributed by atoms with Crippen LogP contribution in [0, 0.1) is 0 Å². The maximum atomic E-state index is 4.58. The van der Waals surface area contributed by atoms with Crippen molar-refractivity contribution < 1.29 is 0 Å². The van der Waals surface area contributed by atoms with Crippen LogP contribution in [-0.2, 0) is 19.9 Å². The summed E-state index contributed by atoms with van der Waals surface area (Å²) in [6.45, 7) is 7.52. The van der Waals surface area contributed by atoms with Crippen LogP contribution in [0.5, 0.6) is 0 Å². The first-order valence-corrected chi connectivity index (χ1v) is 8.01. The summed E-state index contributed by atoms with van der Waals surface area (Å²) in [6.07, 6.45) is 18.2. The van der Waals surface area contributed by atoms with E-state index >= 15 is 0 Å². The minimum absolute atomic E-state index is 1.11. The average molecular weight is 274 g/mol. The molecule has 0 unspecified atom stereocenters. The van der Waals surface area contributed by atoms with Crippen LogP contribution < -0.4 is 0 Å². The Morgan fingerprint density at radius 1 is 0.950 bits per heavy atom. The molecule has 0 saturated heterocycles. The number of imidazole rings is 1. The monoisotopic (exact) mass is 274 g/mol. The summed E-state index contributed by atoms with van der Waals surface area (Å²) in [7, 11) is 2.16. The highest BCUT2D eigenvalue weighted by molar-refractivity contribution is 5.05. The molecule has 0 aromatic carbocycles. The first kappa shape index (κ1) is 16.7. The average Bonchev–Trinajstić information content (AvgIpc) is 2.80. The molecule has 0 aliphatic heterocycles. The molecule has 1 aromatic heterocycles. The van der Waals surface area contributed by atoms with Gasteiger partial charge in [0.25, 0.3) is 0 Å². The molecule has 0 radical (unpaired) electrons. The molecule has 0 aliphatic carbocycles. The number of allylic oxidation sites excluding steroid dienone is 2. The second-order valence-corrected chi connectivity index (χ2v) is 5.50. The van der Waals surface area contributed by atoms with Crippen LogP contribution in [0.15, 0.2) is 31.5 Å². The van der Waals surface area contributed by atoms with E-state index in [4.69, 9.17) is 0 Å². The standard InChI is InChI=1S/C18H30N2/c1-4-6-8-10-11-13-15-18-19-16-17(20(18)3)14-12-9-7-5-2/h4-5,16H,1-2,6-15H2,3H3. The van der Waals surface area contributed by atoms with Gasteiger partial charge in [-0.25, -0.2) is 4.98 Å². The Hall–Kier alpha value is -1.31. The van der Waals surface area contributed by atoms with Gasteiger partial charge in [-0.2, -0.15) is 0 Å². The molecule has 1 heterocycles. The Balaban J connectivity index is 2.24. The van der Waals surface area contributed by atoms with Gasteiger partial charge in [-0.3, -0.25) is 0 Å². The van der Waals surface area contributed by atoms with Crippen molar-refractivity contribution in [1.29, 1.82) is 0 Å². The Morgan fingerprint density at radius 2 is 1.55 bits per heavy atom. The summed E-state index contributed by atoms with van der Waals surface area (Å²) in [5.74, 6) is 1.24. The van der Waals surface area contributed by atoms with Gasteiger partial charge in [0, 0.05) is 25.4 Å². The molecule has 0 amide bonds. The van der Waals surface area contributed by atoms with Gasteiger partial charge in [-0.05, 0) is 44.9 Å². The van der Waals surface area contributed by atoms with Crippen LogP contribution in [0.4, 0.5) is 0 Å².